The number of hydrogen-bond acceptors (Lipinski definition) is 4. The molecule has 20 heavy (non-hydrogen) atoms. The summed E-state index contributed by atoms with van der Waals surface area (Å²) in [5.41, 5.74) is 0.753. The van der Waals surface area contributed by atoms with Crippen LogP contribution in [0.2, 0.25) is 0 Å². The smallest absolute Gasteiger partial charge is 0.250 e. The van der Waals surface area contributed by atoms with Gasteiger partial charge < -0.3 is 19.7 Å². The van der Waals surface area contributed by atoms with Crippen LogP contribution < -0.4 is 10.1 Å². The minimum Gasteiger partial charge on any atom is -0.490 e. The van der Waals surface area contributed by atoms with Gasteiger partial charge in [-0.2, -0.15) is 0 Å². The van der Waals surface area contributed by atoms with Gasteiger partial charge in [0.25, 0.3) is 0 Å². The van der Waals surface area contributed by atoms with Gasteiger partial charge in [0.2, 0.25) is 5.91 Å². The molecule has 0 spiro atoms. The van der Waals surface area contributed by atoms with Crippen LogP contribution in [-0.2, 0) is 9.53 Å². The van der Waals surface area contributed by atoms with Crippen molar-refractivity contribution in [3.8, 4) is 5.75 Å². The van der Waals surface area contributed by atoms with Crippen LogP contribution >= 0.6 is 0 Å². The lowest BCUT2D eigenvalue weighted by molar-refractivity contribution is -0.119. The van der Waals surface area contributed by atoms with Crippen molar-refractivity contribution in [2.75, 3.05) is 39.2 Å². The van der Waals surface area contributed by atoms with Crippen LogP contribution in [0.5, 0.6) is 5.75 Å². The van der Waals surface area contributed by atoms with Crippen LogP contribution in [0.3, 0.4) is 0 Å². The molecule has 1 saturated heterocycles. The topological polar surface area (TPSA) is 50.8 Å². The molecule has 1 aliphatic heterocycles. The highest BCUT2D eigenvalue weighted by molar-refractivity contribution is 5.91. The number of hydrogen-bond donors (Lipinski definition) is 1. The first kappa shape index (κ1) is 14.8. The first-order valence-electron chi connectivity index (χ1n) is 6.91. The van der Waals surface area contributed by atoms with E-state index in [1.54, 1.807) is 0 Å². The lowest BCUT2D eigenvalue weighted by Gasteiger charge is -2.29. The summed E-state index contributed by atoms with van der Waals surface area (Å²) >= 11 is 0. The van der Waals surface area contributed by atoms with Crippen molar-refractivity contribution >= 4 is 11.6 Å². The van der Waals surface area contributed by atoms with Gasteiger partial charge in [-0.15, -0.1) is 0 Å². The summed E-state index contributed by atoms with van der Waals surface area (Å²) < 4.78 is 10.7. The number of carbonyl (C=O) groups is 1. The van der Waals surface area contributed by atoms with Gasteiger partial charge in [-0.25, -0.2) is 0 Å². The number of nitrogens with zero attached hydrogens (tertiary/aromatic N) is 1. The van der Waals surface area contributed by atoms with Gasteiger partial charge in [-0.05, 0) is 44.2 Å². The predicted octanol–water partition coefficient (Wildman–Crippen LogP) is 1.74. The van der Waals surface area contributed by atoms with Crippen LogP contribution in [0.15, 0.2) is 24.3 Å². The number of anilines is 1. The molecule has 1 N–H and O–H groups in total. The first-order valence-corrected chi connectivity index (χ1v) is 6.91. The van der Waals surface area contributed by atoms with E-state index in [0.29, 0.717) is 6.10 Å². The number of carbonyl (C=O) groups excluding carboxylic acids is 1. The maximum absolute atomic E-state index is 11.4. The number of benzene rings is 1. The van der Waals surface area contributed by atoms with Crippen LogP contribution in [-0.4, -0.2) is 50.8 Å². The Morgan fingerprint density at radius 3 is 2.55 bits per heavy atom. The zero-order valence-corrected chi connectivity index (χ0v) is 12.1. The molecule has 1 heterocycles. The summed E-state index contributed by atoms with van der Waals surface area (Å²) in [5.74, 6) is 0.695. The Morgan fingerprint density at radius 1 is 1.30 bits per heavy atom. The molecule has 1 aliphatic rings. The number of piperidine rings is 1. The van der Waals surface area contributed by atoms with Crippen LogP contribution in [0, 0.1) is 0 Å². The highest BCUT2D eigenvalue weighted by Crippen LogP contribution is 2.20. The third kappa shape index (κ3) is 4.51. The van der Waals surface area contributed by atoms with E-state index in [1.165, 1.54) is 7.11 Å². The largest absolute Gasteiger partial charge is 0.490 e. The first-order chi connectivity index (χ1) is 9.67. The van der Waals surface area contributed by atoms with E-state index in [1.807, 2.05) is 24.3 Å². The molecule has 110 valence electrons. The number of rotatable bonds is 5. The number of ether oxygens (including phenoxy) is 2. The van der Waals surface area contributed by atoms with Gasteiger partial charge >= 0.3 is 0 Å². The molecule has 0 bridgehead atoms. The highest BCUT2D eigenvalue weighted by atomic mass is 16.5. The molecular weight excluding hydrogens is 256 g/mol. The molecular formula is C15H22N2O3. The number of likely N-dealkylation sites (tertiary alicyclic amines) is 1. The van der Waals surface area contributed by atoms with Gasteiger partial charge in [0.1, 0.15) is 18.5 Å². The molecule has 0 saturated carbocycles. The minimum atomic E-state index is -0.156. The van der Waals surface area contributed by atoms with E-state index in [9.17, 15) is 4.79 Å². The summed E-state index contributed by atoms with van der Waals surface area (Å²) in [7, 11) is 3.63. The summed E-state index contributed by atoms with van der Waals surface area (Å²) in [6.07, 6.45) is 2.41. The number of methoxy groups -OCH3 is 1. The van der Waals surface area contributed by atoms with E-state index < -0.39 is 0 Å². The standard InChI is InChI=1S/C15H22N2O3/c1-17-9-7-14(8-10-17)20-13-5-3-12(4-6-13)16-15(18)11-19-2/h3-6,14H,7-11H2,1-2H3,(H,16,18). The molecule has 1 aromatic rings. The molecule has 0 unspecified atom stereocenters. The summed E-state index contributed by atoms with van der Waals surface area (Å²) in [5, 5.41) is 2.75. The van der Waals surface area contributed by atoms with E-state index in [0.717, 1.165) is 37.4 Å². The summed E-state index contributed by atoms with van der Waals surface area (Å²) in [6.45, 7) is 2.22. The summed E-state index contributed by atoms with van der Waals surface area (Å²) in [6, 6.07) is 7.47. The fourth-order valence-corrected chi connectivity index (χ4v) is 2.24. The van der Waals surface area contributed by atoms with Crippen molar-refractivity contribution in [3.05, 3.63) is 24.3 Å². The van der Waals surface area contributed by atoms with E-state index in [4.69, 9.17) is 9.47 Å². The van der Waals surface area contributed by atoms with Crippen LogP contribution in [0.25, 0.3) is 0 Å². The molecule has 5 heteroatoms. The monoisotopic (exact) mass is 278 g/mol. The molecule has 1 aromatic carbocycles. The average molecular weight is 278 g/mol. The van der Waals surface area contributed by atoms with Gasteiger partial charge in [0.15, 0.2) is 0 Å². The maximum atomic E-state index is 11.4. The van der Waals surface area contributed by atoms with Gasteiger partial charge in [-0.3, -0.25) is 4.79 Å². The van der Waals surface area contributed by atoms with E-state index in [-0.39, 0.29) is 12.5 Å². The van der Waals surface area contributed by atoms with E-state index >= 15 is 0 Å². The Morgan fingerprint density at radius 2 is 1.95 bits per heavy atom. The minimum absolute atomic E-state index is 0.0633. The van der Waals surface area contributed by atoms with Gasteiger partial charge in [-0.1, -0.05) is 0 Å². The lowest BCUT2D eigenvalue weighted by atomic mass is 10.1. The second kappa shape index (κ2) is 7.26. The summed E-state index contributed by atoms with van der Waals surface area (Å²) in [4.78, 5) is 13.7. The van der Waals surface area contributed by atoms with Crippen molar-refractivity contribution in [3.63, 3.8) is 0 Å². The zero-order valence-electron chi connectivity index (χ0n) is 12.1. The highest BCUT2D eigenvalue weighted by Gasteiger charge is 2.17. The fourth-order valence-electron chi connectivity index (χ4n) is 2.24. The molecule has 2 rings (SSSR count). The van der Waals surface area contributed by atoms with Crippen molar-refractivity contribution < 1.29 is 14.3 Å². The third-order valence-corrected chi connectivity index (χ3v) is 3.38. The van der Waals surface area contributed by atoms with Crippen molar-refractivity contribution in [2.24, 2.45) is 0 Å². The SMILES string of the molecule is COCC(=O)Nc1ccc(OC2CCN(C)CC2)cc1. The van der Waals surface area contributed by atoms with Crippen molar-refractivity contribution in [1.82, 2.24) is 4.90 Å². The predicted molar refractivity (Wildman–Crippen MR) is 78.1 cm³/mol. The fraction of sp³-hybridized carbons (Fsp3) is 0.533. The maximum Gasteiger partial charge on any atom is 0.250 e. The normalized spacial score (nSPS) is 16.9. The Bertz CT molecular complexity index is 425. The third-order valence-electron chi connectivity index (χ3n) is 3.38. The second-order valence-corrected chi connectivity index (χ2v) is 5.13. The molecule has 5 nitrogen and oxygen atoms in total. The molecule has 1 fully saturated rings. The molecule has 1 amide bonds. The van der Waals surface area contributed by atoms with Gasteiger partial charge in [0.05, 0.1) is 0 Å². The van der Waals surface area contributed by atoms with E-state index in [2.05, 4.69) is 17.3 Å². The van der Waals surface area contributed by atoms with Crippen molar-refractivity contribution in [1.29, 1.82) is 0 Å². The van der Waals surface area contributed by atoms with Crippen molar-refractivity contribution in [2.45, 2.75) is 18.9 Å². The average Bonchev–Trinajstić information content (AvgIpc) is 2.44. The second-order valence-electron chi connectivity index (χ2n) is 5.13. The molecule has 0 atom stereocenters. The Labute approximate surface area is 119 Å². The lowest BCUT2D eigenvalue weighted by Crippen LogP contribution is -2.35. The molecule has 0 radical (unpaired) electrons. The molecule has 0 aromatic heterocycles. The Kier molecular flexibility index (Phi) is 5.38. The number of amides is 1. The molecule has 0 aliphatic carbocycles. The number of nitrogens with one attached hydrogen (secondary N) is 1. The quantitative estimate of drug-likeness (QED) is 0.891. The zero-order chi connectivity index (χ0) is 14.4. The van der Waals surface area contributed by atoms with Gasteiger partial charge in [0, 0.05) is 25.9 Å². The van der Waals surface area contributed by atoms with Crippen LogP contribution in [0.4, 0.5) is 5.69 Å². The van der Waals surface area contributed by atoms with Crippen LogP contribution in [0.1, 0.15) is 12.8 Å². The Hall–Kier alpha value is -1.59. The Balaban J connectivity index is 1.83.